The van der Waals surface area contributed by atoms with E-state index in [1.165, 1.54) is 7.11 Å². The molecule has 0 saturated carbocycles. The standard InChI is InChI=1S/C22H22N4O3/c1-14-19(21(27)29-2)20(24-22(28)23-14)16-8-10-17(11-9-16)26-13-12-18(25-26)15-6-4-3-5-7-15/h3-11,20H,12-13H2,1-2H3,(H2,23,24,28)/t20-/m0/s1. The number of allylic oxidation sites excluding steroid dienone is 1. The van der Waals surface area contributed by atoms with Gasteiger partial charge in [0.1, 0.15) is 0 Å². The number of hydrazone groups is 1. The molecule has 2 aliphatic rings. The fourth-order valence-corrected chi connectivity index (χ4v) is 3.64. The lowest BCUT2D eigenvalue weighted by molar-refractivity contribution is -0.136. The first-order valence-corrected chi connectivity index (χ1v) is 9.44. The fourth-order valence-electron chi connectivity index (χ4n) is 3.64. The lowest BCUT2D eigenvalue weighted by Gasteiger charge is -2.28. The Morgan fingerprint density at radius 3 is 2.55 bits per heavy atom. The number of hydrogen-bond donors (Lipinski definition) is 2. The van der Waals surface area contributed by atoms with Crippen molar-refractivity contribution in [3.8, 4) is 0 Å². The number of ether oxygens (including phenoxy) is 1. The highest BCUT2D eigenvalue weighted by molar-refractivity contribution is 6.02. The van der Waals surface area contributed by atoms with E-state index in [2.05, 4.69) is 22.8 Å². The first kappa shape index (κ1) is 18.7. The topological polar surface area (TPSA) is 83.0 Å². The molecule has 0 fully saturated rings. The molecule has 2 N–H and O–H groups in total. The SMILES string of the molecule is COC(=O)C1=C(C)NC(=O)N[C@H]1c1ccc(N2CCC(c3ccccc3)=N2)cc1. The molecule has 7 nitrogen and oxygen atoms in total. The second-order valence-electron chi connectivity index (χ2n) is 6.94. The molecule has 0 bridgehead atoms. The molecule has 7 heteroatoms. The smallest absolute Gasteiger partial charge is 0.337 e. The number of methoxy groups -OCH3 is 1. The van der Waals surface area contributed by atoms with Gasteiger partial charge in [0.2, 0.25) is 0 Å². The third-order valence-corrected chi connectivity index (χ3v) is 5.11. The van der Waals surface area contributed by atoms with E-state index >= 15 is 0 Å². The maximum absolute atomic E-state index is 12.2. The lowest BCUT2D eigenvalue weighted by Crippen LogP contribution is -2.45. The molecule has 148 valence electrons. The van der Waals surface area contributed by atoms with E-state index in [9.17, 15) is 9.59 Å². The average molecular weight is 390 g/mol. The molecular formula is C22H22N4O3. The number of esters is 1. The number of nitrogens with zero attached hydrogens (tertiary/aromatic N) is 2. The fraction of sp³-hybridized carbons (Fsp3) is 0.227. The number of carbonyl (C=O) groups excluding carboxylic acids is 2. The van der Waals surface area contributed by atoms with Gasteiger partial charge in [-0.05, 0) is 30.2 Å². The molecule has 0 unspecified atom stereocenters. The minimum Gasteiger partial charge on any atom is -0.466 e. The molecule has 2 amide bonds. The number of nitrogens with one attached hydrogen (secondary N) is 2. The summed E-state index contributed by atoms with van der Waals surface area (Å²) >= 11 is 0. The summed E-state index contributed by atoms with van der Waals surface area (Å²) < 4.78 is 4.89. The summed E-state index contributed by atoms with van der Waals surface area (Å²) in [5.41, 5.74) is 4.84. The lowest BCUT2D eigenvalue weighted by atomic mass is 9.95. The van der Waals surface area contributed by atoms with E-state index in [1.54, 1.807) is 6.92 Å². The zero-order valence-electron chi connectivity index (χ0n) is 16.3. The molecule has 0 aliphatic carbocycles. The minimum atomic E-state index is -0.563. The van der Waals surface area contributed by atoms with Gasteiger partial charge in [-0.2, -0.15) is 5.10 Å². The summed E-state index contributed by atoms with van der Waals surface area (Å²) in [7, 11) is 1.33. The number of rotatable bonds is 4. The first-order chi connectivity index (χ1) is 14.1. The van der Waals surface area contributed by atoms with Gasteiger partial charge in [0.05, 0.1) is 30.1 Å². The van der Waals surface area contributed by atoms with Crippen LogP contribution in [0.1, 0.15) is 30.5 Å². The molecule has 2 aliphatic heterocycles. The van der Waals surface area contributed by atoms with Gasteiger partial charge in [-0.25, -0.2) is 9.59 Å². The first-order valence-electron chi connectivity index (χ1n) is 9.44. The highest BCUT2D eigenvalue weighted by atomic mass is 16.5. The number of anilines is 1. The summed E-state index contributed by atoms with van der Waals surface area (Å²) in [6.07, 6.45) is 0.880. The molecular weight excluding hydrogens is 368 g/mol. The van der Waals surface area contributed by atoms with Crippen LogP contribution in [0, 0.1) is 0 Å². The maximum atomic E-state index is 12.2. The zero-order valence-corrected chi connectivity index (χ0v) is 16.3. The van der Waals surface area contributed by atoms with Crippen molar-refractivity contribution in [3.05, 3.63) is 77.0 Å². The van der Waals surface area contributed by atoms with Gasteiger partial charge in [0.15, 0.2) is 0 Å². The summed E-state index contributed by atoms with van der Waals surface area (Å²) in [5.74, 6) is -0.472. The summed E-state index contributed by atoms with van der Waals surface area (Å²) in [6, 6.07) is 16.9. The van der Waals surface area contributed by atoms with E-state index in [4.69, 9.17) is 9.84 Å². The molecule has 1 atom stereocenters. The van der Waals surface area contributed by atoms with Gasteiger partial charge in [-0.1, -0.05) is 42.5 Å². The van der Waals surface area contributed by atoms with E-state index < -0.39 is 12.0 Å². The Balaban J connectivity index is 1.58. The molecule has 0 spiro atoms. The Bertz CT molecular complexity index is 996. The molecule has 4 rings (SSSR count). The van der Waals surface area contributed by atoms with Crippen LogP contribution >= 0.6 is 0 Å². The summed E-state index contributed by atoms with van der Waals surface area (Å²) in [6.45, 7) is 2.50. The molecule has 0 saturated heterocycles. The molecule has 29 heavy (non-hydrogen) atoms. The number of hydrogen-bond acceptors (Lipinski definition) is 5. The normalized spacial score (nSPS) is 18.8. The second kappa shape index (κ2) is 7.79. The Hall–Kier alpha value is -3.61. The molecule has 2 aromatic rings. The molecule has 0 radical (unpaired) electrons. The predicted molar refractivity (Wildman–Crippen MR) is 111 cm³/mol. The summed E-state index contributed by atoms with van der Waals surface area (Å²) in [4.78, 5) is 24.1. The van der Waals surface area contributed by atoms with Crippen LogP contribution in [-0.2, 0) is 9.53 Å². The van der Waals surface area contributed by atoms with Crippen LogP contribution in [0.15, 0.2) is 71.0 Å². The van der Waals surface area contributed by atoms with Gasteiger partial charge in [0, 0.05) is 18.7 Å². The monoisotopic (exact) mass is 390 g/mol. The van der Waals surface area contributed by atoms with Gasteiger partial charge < -0.3 is 15.4 Å². The molecule has 2 aromatic carbocycles. The van der Waals surface area contributed by atoms with Crippen molar-refractivity contribution in [1.82, 2.24) is 10.6 Å². The zero-order chi connectivity index (χ0) is 20.4. The number of benzene rings is 2. The van der Waals surface area contributed by atoms with Crippen molar-refractivity contribution in [3.63, 3.8) is 0 Å². The quantitative estimate of drug-likeness (QED) is 0.786. The van der Waals surface area contributed by atoms with Crippen LogP contribution in [0.2, 0.25) is 0 Å². The second-order valence-corrected chi connectivity index (χ2v) is 6.94. The van der Waals surface area contributed by atoms with Gasteiger partial charge in [-0.3, -0.25) is 5.01 Å². The van der Waals surface area contributed by atoms with Crippen LogP contribution < -0.4 is 15.6 Å². The van der Waals surface area contributed by atoms with Crippen molar-refractivity contribution in [2.24, 2.45) is 5.10 Å². The van der Waals surface area contributed by atoms with E-state index in [0.29, 0.717) is 11.3 Å². The number of carbonyl (C=O) groups is 2. The van der Waals surface area contributed by atoms with Crippen molar-refractivity contribution in [2.45, 2.75) is 19.4 Å². The Morgan fingerprint density at radius 1 is 1.14 bits per heavy atom. The van der Waals surface area contributed by atoms with E-state index in [-0.39, 0.29) is 6.03 Å². The van der Waals surface area contributed by atoms with Crippen LogP contribution in [0.25, 0.3) is 0 Å². The van der Waals surface area contributed by atoms with Crippen LogP contribution in [0.5, 0.6) is 0 Å². The van der Waals surface area contributed by atoms with Crippen LogP contribution in [-0.4, -0.2) is 31.4 Å². The van der Waals surface area contributed by atoms with Gasteiger partial charge in [-0.15, -0.1) is 0 Å². The van der Waals surface area contributed by atoms with E-state index in [1.807, 2.05) is 47.5 Å². The molecule has 2 heterocycles. The Labute approximate surface area is 169 Å². The van der Waals surface area contributed by atoms with Gasteiger partial charge >= 0.3 is 12.0 Å². The van der Waals surface area contributed by atoms with Crippen molar-refractivity contribution < 1.29 is 14.3 Å². The van der Waals surface area contributed by atoms with Gasteiger partial charge in [0.25, 0.3) is 0 Å². The van der Waals surface area contributed by atoms with Crippen molar-refractivity contribution in [2.75, 3.05) is 18.7 Å². The van der Waals surface area contributed by atoms with E-state index in [0.717, 1.165) is 35.5 Å². The third kappa shape index (κ3) is 3.71. The molecule has 0 aromatic heterocycles. The van der Waals surface area contributed by atoms with Crippen molar-refractivity contribution in [1.29, 1.82) is 0 Å². The highest BCUT2D eigenvalue weighted by Crippen LogP contribution is 2.30. The van der Waals surface area contributed by atoms with Crippen LogP contribution in [0.3, 0.4) is 0 Å². The average Bonchev–Trinajstić information content (AvgIpc) is 3.24. The maximum Gasteiger partial charge on any atom is 0.337 e. The highest BCUT2D eigenvalue weighted by Gasteiger charge is 2.31. The third-order valence-electron chi connectivity index (χ3n) is 5.11. The summed E-state index contributed by atoms with van der Waals surface area (Å²) in [5, 5.41) is 12.1. The Morgan fingerprint density at radius 2 is 1.86 bits per heavy atom. The van der Waals surface area contributed by atoms with Crippen LogP contribution in [0.4, 0.5) is 10.5 Å². The Kier molecular flexibility index (Phi) is 5.03. The predicted octanol–water partition coefficient (Wildman–Crippen LogP) is 3.10. The largest absolute Gasteiger partial charge is 0.466 e. The number of urea groups is 1. The van der Waals surface area contributed by atoms with Crippen molar-refractivity contribution >= 4 is 23.4 Å². The number of amides is 2. The minimum absolute atomic E-state index is 0.346.